The van der Waals surface area contributed by atoms with Gasteiger partial charge in [-0.1, -0.05) is 42.1 Å². The second-order valence-corrected chi connectivity index (χ2v) is 6.81. The summed E-state index contributed by atoms with van der Waals surface area (Å²) in [4.78, 5) is 34.1. The number of benzene rings is 1. The third kappa shape index (κ3) is 5.29. The molecule has 0 spiro atoms. The smallest absolute Gasteiger partial charge is 0.230 e. The van der Waals surface area contributed by atoms with Crippen LogP contribution in [0, 0.1) is 0 Å². The molecule has 0 saturated carbocycles. The number of nitrogens with zero attached hydrogens (tertiary/aromatic N) is 3. The number of likely N-dealkylation sites (tertiary alicyclic amines) is 1. The van der Waals surface area contributed by atoms with Gasteiger partial charge < -0.3 is 10.2 Å². The van der Waals surface area contributed by atoms with Crippen LogP contribution in [0.3, 0.4) is 0 Å². The topological polar surface area (TPSA) is 75.2 Å². The SMILES string of the molecule is O=C(CSc1ncccn1)N[C@@H]1CC(=O)N(CCc2ccccc2)C1. The summed E-state index contributed by atoms with van der Waals surface area (Å²) in [6, 6.07) is 11.7. The van der Waals surface area contributed by atoms with Crippen molar-refractivity contribution < 1.29 is 9.59 Å². The van der Waals surface area contributed by atoms with E-state index in [1.54, 1.807) is 18.5 Å². The van der Waals surface area contributed by atoms with Crippen molar-refractivity contribution in [3.8, 4) is 0 Å². The normalized spacial score (nSPS) is 16.9. The van der Waals surface area contributed by atoms with Gasteiger partial charge in [0.2, 0.25) is 11.8 Å². The molecule has 2 aromatic rings. The lowest BCUT2D eigenvalue weighted by Gasteiger charge is -2.17. The molecule has 0 radical (unpaired) electrons. The van der Waals surface area contributed by atoms with Crippen molar-refractivity contribution in [2.24, 2.45) is 0 Å². The van der Waals surface area contributed by atoms with Crippen LogP contribution in [0.5, 0.6) is 0 Å². The summed E-state index contributed by atoms with van der Waals surface area (Å²) < 4.78 is 0. The highest BCUT2D eigenvalue weighted by atomic mass is 32.2. The molecule has 1 aromatic carbocycles. The van der Waals surface area contributed by atoms with Gasteiger partial charge in [0.25, 0.3) is 0 Å². The van der Waals surface area contributed by atoms with Gasteiger partial charge in [-0.05, 0) is 18.1 Å². The quantitative estimate of drug-likeness (QED) is 0.601. The van der Waals surface area contributed by atoms with Crippen molar-refractivity contribution in [2.45, 2.75) is 24.0 Å². The van der Waals surface area contributed by atoms with Gasteiger partial charge in [-0.25, -0.2) is 9.97 Å². The van der Waals surface area contributed by atoms with Crippen molar-refractivity contribution in [1.82, 2.24) is 20.2 Å². The molecular weight excluding hydrogens is 336 g/mol. The maximum Gasteiger partial charge on any atom is 0.230 e. The molecule has 1 aliphatic heterocycles. The summed E-state index contributed by atoms with van der Waals surface area (Å²) >= 11 is 1.29. The largest absolute Gasteiger partial charge is 0.350 e. The van der Waals surface area contributed by atoms with E-state index in [0.717, 1.165) is 6.42 Å². The van der Waals surface area contributed by atoms with Gasteiger partial charge in [0.05, 0.1) is 11.8 Å². The first-order chi connectivity index (χ1) is 12.2. The third-order valence-electron chi connectivity index (χ3n) is 3.97. The first-order valence-electron chi connectivity index (χ1n) is 8.21. The standard InChI is InChI=1S/C18H20N4O2S/c23-16(13-25-18-19-8-4-9-20-18)21-15-11-17(24)22(12-15)10-7-14-5-2-1-3-6-14/h1-6,8-9,15H,7,10-13H2,(H,21,23)/t15-/m1/s1. The molecule has 1 N–H and O–H groups in total. The molecule has 2 heterocycles. The van der Waals surface area contributed by atoms with Gasteiger partial charge in [-0.15, -0.1) is 0 Å². The van der Waals surface area contributed by atoms with Crippen LogP contribution in [0.1, 0.15) is 12.0 Å². The number of amides is 2. The summed E-state index contributed by atoms with van der Waals surface area (Å²) in [5.41, 5.74) is 1.21. The van der Waals surface area contributed by atoms with Gasteiger partial charge in [0.1, 0.15) is 0 Å². The number of nitrogens with one attached hydrogen (secondary N) is 1. The molecule has 2 amide bonds. The van der Waals surface area contributed by atoms with Crippen LogP contribution in [0.15, 0.2) is 53.9 Å². The number of hydrogen-bond acceptors (Lipinski definition) is 5. The number of thioether (sulfide) groups is 1. The van der Waals surface area contributed by atoms with E-state index < -0.39 is 0 Å². The highest BCUT2D eigenvalue weighted by molar-refractivity contribution is 7.99. The lowest BCUT2D eigenvalue weighted by molar-refractivity contribution is -0.127. The first-order valence-corrected chi connectivity index (χ1v) is 9.20. The van der Waals surface area contributed by atoms with Crippen LogP contribution < -0.4 is 5.32 Å². The fourth-order valence-corrected chi connectivity index (χ4v) is 3.37. The highest BCUT2D eigenvalue weighted by Gasteiger charge is 2.30. The molecule has 0 aliphatic carbocycles. The van der Waals surface area contributed by atoms with Crippen LogP contribution in [-0.4, -0.2) is 51.6 Å². The Balaban J connectivity index is 1.41. The van der Waals surface area contributed by atoms with Crippen molar-refractivity contribution >= 4 is 23.6 Å². The molecule has 1 fully saturated rings. The Labute approximate surface area is 151 Å². The van der Waals surface area contributed by atoms with Gasteiger partial charge in [0.15, 0.2) is 5.16 Å². The molecule has 7 heteroatoms. The fourth-order valence-electron chi connectivity index (χ4n) is 2.75. The van der Waals surface area contributed by atoms with E-state index in [-0.39, 0.29) is 23.6 Å². The van der Waals surface area contributed by atoms with E-state index in [1.807, 2.05) is 23.1 Å². The maximum atomic E-state index is 12.1. The Morgan fingerprint density at radius 2 is 1.96 bits per heavy atom. The Kier molecular flexibility index (Phi) is 6.00. The summed E-state index contributed by atoms with van der Waals surface area (Å²) in [6.45, 7) is 1.26. The van der Waals surface area contributed by atoms with Gasteiger partial charge >= 0.3 is 0 Å². The number of rotatable bonds is 7. The van der Waals surface area contributed by atoms with Crippen molar-refractivity contribution in [3.63, 3.8) is 0 Å². The average molecular weight is 356 g/mol. The molecule has 1 aromatic heterocycles. The van der Waals surface area contributed by atoms with Crippen LogP contribution >= 0.6 is 11.8 Å². The van der Waals surface area contributed by atoms with Crippen LogP contribution in [0.25, 0.3) is 0 Å². The van der Waals surface area contributed by atoms with Crippen molar-refractivity contribution in [3.05, 3.63) is 54.4 Å². The zero-order chi connectivity index (χ0) is 17.5. The lowest BCUT2D eigenvalue weighted by atomic mass is 10.1. The zero-order valence-corrected chi connectivity index (χ0v) is 14.6. The molecule has 1 aliphatic rings. The minimum absolute atomic E-state index is 0.0971. The number of carbonyl (C=O) groups is 2. The second-order valence-electron chi connectivity index (χ2n) is 5.86. The zero-order valence-electron chi connectivity index (χ0n) is 13.8. The second kappa shape index (κ2) is 8.62. The van der Waals surface area contributed by atoms with E-state index in [9.17, 15) is 9.59 Å². The predicted octanol–water partition coefficient (Wildman–Crippen LogP) is 1.53. The Hall–Kier alpha value is -2.41. The number of hydrogen-bond donors (Lipinski definition) is 1. The summed E-state index contributed by atoms with van der Waals surface area (Å²) in [5.74, 6) is 0.249. The minimum Gasteiger partial charge on any atom is -0.350 e. The van der Waals surface area contributed by atoms with Crippen molar-refractivity contribution in [2.75, 3.05) is 18.8 Å². The van der Waals surface area contributed by atoms with Gasteiger partial charge in [-0.3, -0.25) is 9.59 Å². The minimum atomic E-state index is -0.118. The lowest BCUT2D eigenvalue weighted by Crippen LogP contribution is -2.38. The number of aromatic nitrogens is 2. The van der Waals surface area contributed by atoms with Crippen molar-refractivity contribution in [1.29, 1.82) is 0 Å². The fraction of sp³-hybridized carbons (Fsp3) is 0.333. The highest BCUT2D eigenvalue weighted by Crippen LogP contribution is 2.14. The van der Waals surface area contributed by atoms with Crippen LogP contribution in [-0.2, 0) is 16.0 Å². The van der Waals surface area contributed by atoms with Crippen LogP contribution in [0.2, 0.25) is 0 Å². The third-order valence-corrected chi connectivity index (χ3v) is 4.84. The monoisotopic (exact) mass is 356 g/mol. The van der Waals surface area contributed by atoms with Crippen LogP contribution in [0.4, 0.5) is 0 Å². The molecule has 3 rings (SSSR count). The molecular formula is C18H20N4O2S. The summed E-state index contributed by atoms with van der Waals surface area (Å²) in [7, 11) is 0. The Bertz CT molecular complexity index is 712. The average Bonchev–Trinajstić information content (AvgIpc) is 2.99. The molecule has 130 valence electrons. The predicted molar refractivity (Wildman–Crippen MR) is 96.0 cm³/mol. The van der Waals surface area contributed by atoms with E-state index in [2.05, 4.69) is 27.4 Å². The Morgan fingerprint density at radius 3 is 2.72 bits per heavy atom. The van der Waals surface area contributed by atoms with Gasteiger partial charge in [0, 0.05) is 31.9 Å². The van der Waals surface area contributed by atoms with E-state index >= 15 is 0 Å². The molecule has 0 bridgehead atoms. The van der Waals surface area contributed by atoms with E-state index in [0.29, 0.717) is 24.7 Å². The van der Waals surface area contributed by atoms with E-state index in [1.165, 1.54) is 17.3 Å². The number of carbonyl (C=O) groups excluding carboxylic acids is 2. The molecule has 1 atom stereocenters. The summed E-state index contributed by atoms with van der Waals surface area (Å²) in [5, 5.41) is 3.50. The molecule has 25 heavy (non-hydrogen) atoms. The van der Waals surface area contributed by atoms with E-state index in [4.69, 9.17) is 0 Å². The van der Waals surface area contributed by atoms with Gasteiger partial charge in [-0.2, -0.15) is 0 Å². The molecule has 6 nitrogen and oxygen atoms in total. The first kappa shape index (κ1) is 17.4. The molecule has 1 saturated heterocycles. The Morgan fingerprint density at radius 1 is 1.20 bits per heavy atom. The molecule has 0 unspecified atom stereocenters. The summed E-state index contributed by atoms with van der Waals surface area (Å²) in [6.07, 6.45) is 4.49. The maximum absolute atomic E-state index is 12.1.